The highest BCUT2D eigenvalue weighted by Crippen LogP contribution is 2.32. The second-order valence-electron chi connectivity index (χ2n) is 4.72. The molecule has 0 amide bonds. The van der Waals surface area contributed by atoms with E-state index in [1.165, 1.54) is 0 Å². The average molecular weight is 236 g/mol. The lowest BCUT2D eigenvalue weighted by Gasteiger charge is -2.24. The van der Waals surface area contributed by atoms with Crippen LogP contribution in [0.25, 0.3) is 0 Å². The molecule has 1 aromatic carbocycles. The van der Waals surface area contributed by atoms with Crippen molar-refractivity contribution in [3.05, 3.63) is 23.8 Å². The number of benzene rings is 1. The van der Waals surface area contributed by atoms with Gasteiger partial charge < -0.3 is 4.74 Å². The number of esters is 1. The molecule has 2 rings (SSSR count). The summed E-state index contributed by atoms with van der Waals surface area (Å²) in [5, 5.41) is 0. The van der Waals surface area contributed by atoms with Crippen molar-refractivity contribution in [1.29, 1.82) is 0 Å². The Morgan fingerprint density at radius 3 is 2.82 bits per heavy atom. The molecule has 4 heteroatoms. The molecule has 1 aromatic rings. The van der Waals surface area contributed by atoms with Crippen LogP contribution in [0.15, 0.2) is 18.2 Å². The van der Waals surface area contributed by atoms with Crippen molar-refractivity contribution >= 4 is 5.97 Å². The average Bonchev–Trinajstić information content (AvgIpc) is 2.59. The lowest BCUT2D eigenvalue weighted by molar-refractivity contribution is -0.0856. The molecule has 0 unspecified atom stereocenters. The minimum absolute atomic E-state index is 0.379. The van der Waals surface area contributed by atoms with E-state index < -0.39 is 5.60 Å². The summed E-state index contributed by atoms with van der Waals surface area (Å²) in [4.78, 5) is 21.7. The predicted molar refractivity (Wildman–Crippen MR) is 62.1 cm³/mol. The molecule has 4 nitrogen and oxygen atoms in total. The molecule has 0 fully saturated rings. The van der Waals surface area contributed by atoms with Gasteiger partial charge in [0.2, 0.25) is 0 Å². The number of hydrogen-bond acceptors (Lipinski definition) is 4. The Kier molecular flexibility index (Phi) is 2.96. The minimum Gasteiger partial charge on any atom is -0.456 e. The second kappa shape index (κ2) is 4.28. The van der Waals surface area contributed by atoms with E-state index in [0.29, 0.717) is 17.1 Å². The van der Waals surface area contributed by atoms with Crippen molar-refractivity contribution in [3.8, 4) is 11.5 Å². The van der Waals surface area contributed by atoms with Crippen molar-refractivity contribution in [2.75, 3.05) is 0 Å². The monoisotopic (exact) mass is 236 g/mol. The Bertz CT molecular complexity index is 437. The number of carbonyl (C=O) groups is 1. The minimum atomic E-state index is -0.462. The van der Waals surface area contributed by atoms with Crippen molar-refractivity contribution < 1.29 is 19.3 Å². The van der Waals surface area contributed by atoms with Gasteiger partial charge in [0.1, 0.15) is 11.2 Å². The SMILES string of the molecule is CCCC(C)(C)OC(=O)c1ccc2cc1OO2. The first-order chi connectivity index (χ1) is 8.02. The fourth-order valence-electron chi connectivity index (χ4n) is 1.84. The van der Waals surface area contributed by atoms with Gasteiger partial charge in [-0.3, -0.25) is 9.78 Å². The molecule has 0 saturated carbocycles. The predicted octanol–water partition coefficient (Wildman–Crippen LogP) is 3.11. The van der Waals surface area contributed by atoms with Crippen molar-refractivity contribution in [2.45, 2.75) is 39.2 Å². The number of carbonyl (C=O) groups excluding carboxylic acids is 1. The van der Waals surface area contributed by atoms with Crippen LogP contribution in [0.4, 0.5) is 0 Å². The first kappa shape index (κ1) is 11.8. The second-order valence-corrected chi connectivity index (χ2v) is 4.72. The highest BCUT2D eigenvalue weighted by molar-refractivity contribution is 5.93. The van der Waals surface area contributed by atoms with Gasteiger partial charge in [0, 0.05) is 6.07 Å². The highest BCUT2D eigenvalue weighted by atomic mass is 17.2. The first-order valence-electron chi connectivity index (χ1n) is 5.74. The molecule has 0 N–H and O–H groups in total. The van der Waals surface area contributed by atoms with Crippen LogP contribution in [0.3, 0.4) is 0 Å². The zero-order valence-corrected chi connectivity index (χ0v) is 10.3. The molecule has 0 saturated heterocycles. The fourth-order valence-corrected chi connectivity index (χ4v) is 1.84. The summed E-state index contributed by atoms with van der Waals surface area (Å²) >= 11 is 0. The van der Waals surface area contributed by atoms with Crippen LogP contribution >= 0.6 is 0 Å². The van der Waals surface area contributed by atoms with E-state index in [2.05, 4.69) is 6.92 Å². The lowest BCUT2D eigenvalue weighted by atomic mass is 10.0. The van der Waals surface area contributed by atoms with Crippen LogP contribution < -0.4 is 9.78 Å². The van der Waals surface area contributed by atoms with Gasteiger partial charge in [0.05, 0.1) is 0 Å². The molecular formula is C13H16O4. The summed E-state index contributed by atoms with van der Waals surface area (Å²) in [6, 6.07) is 5.01. The summed E-state index contributed by atoms with van der Waals surface area (Å²) in [5.74, 6) is 0.639. The zero-order chi connectivity index (χ0) is 12.5. The molecule has 1 aliphatic heterocycles. The Balaban J connectivity index is 2.11. The van der Waals surface area contributed by atoms with Crippen LogP contribution in [-0.4, -0.2) is 11.6 Å². The molecule has 0 spiro atoms. The topological polar surface area (TPSA) is 44.8 Å². The van der Waals surface area contributed by atoms with Gasteiger partial charge in [-0.2, -0.15) is 0 Å². The number of ether oxygens (including phenoxy) is 1. The summed E-state index contributed by atoms with van der Waals surface area (Å²) in [6.45, 7) is 5.86. The van der Waals surface area contributed by atoms with Gasteiger partial charge in [0.25, 0.3) is 0 Å². The molecular weight excluding hydrogens is 220 g/mol. The molecule has 0 aliphatic carbocycles. The van der Waals surface area contributed by atoms with E-state index in [1.54, 1.807) is 18.2 Å². The lowest BCUT2D eigenvalue weighted by Crippen LogP contribution is -2.27. The molecule has 17 heavy (non-hydrogen) atoms. The van der Waals surface area contributed by atoms with Gasteiger partial charge in [-0.1, -0.05) is 13.3 Å². The highest BCUT2D eigenvalue weighted by Gasteiger charge is 2.27. The maximum Gasteiger partial charge on any atom is 0.342 e. The number of rotatable bonds is 4. The Morgan fingerprint density at radius 1 is 1.35 bits per heavy atom. The van der Waals surface area contributed by atoms with E-state index in [4.69, 9.17) is 14.5 Å². The molecule has 1 aliphatic rings. The van der Waals surface area contributed by atoms with Crippen molar-refractivity contribution in [2.24, 2.45) is 0 Å². The quantitative estimate of drug-likeness (QED) is 0.595. The molecule has 0 aromatic heterocycles. The third-order valence-corrected chi connectivity index (χ3v) is 2.62. The van der Waals surface area contributed by atoms with Crippen LogP contribution in [0.1, 0.15) is 44.0 Å². The third kappa shape index (κ3) is 2.52. The van der Waals surface area contributed by atoms with E-state index in [0.717, 1.165) is 12.8 Å². The van der Waals surface area contributed by atoms with Gasteiger partial charge >= 0.3 is 5.97 Å². The summed E-state index contributed by atoms with van der Waals surface area (Å²) in [6.07, 6.45) is 1.79. The normalized spacial score (nSPS) is 12.9. The first-order valence-corrected chi connectivity index (χ1v) is 5.74. The van der Waals surface area contributed by atoms with Gasteiger partial charge in [-0.25, -0.2) is 4.79 Å². The largest absolute Gasteiger partial charge is 0.456 e. The fraction of sp³-hybridized carbons (Fsp3) is 0.462. The smallest absolute Gasteiger partial charge is 0.342 e. The Hall–Kier alpha value is -1.71. The number of fused-ring (bicyclic) bond motifs is 2. The van der Waals surface area contributed by atoms with Crippen LogP contribution in [0.2, 0.25) is 0 Å². The van der Waals surface area contributed by atoms with Crippen LogP contribution in [-0.2, 0) is 4.74 Å². The van der Waals surface area contributed by atoms with E-state index in [-0.39, 0.29) is 5.97 Å². The Morgan fingerprint density at radius 2 is 2.12 bits per heavy atom. The summed E-state index contributed by atoms with van der Waals surface area (Å²) < 4.78 is 5.46. The molecule has 0 radical (unpaired) electrons. The van der Waals surface area contributed by atoms with Crippen LogP contribution in [0.5, 0.6) is 11.5 Å². The molecule has 92 valence electrons. The van der Waals surface area contributed by atoms with Crippen molar-refractivity contribution in [3.63, 3.8) is 0 Å². The molecule has 1 heterocycles. The number of hydrogen-bond donors (Lipinski definition) is 0. The molecule has 2 bridgehead atoms. The Labute approximate surface area is 100 Å². The van der Waals surface area contributed by atoms with Crippen molar-refractivity contribution in [1.82, 2.24) is 0 Å². The standard InChI is InChI=1S/C13H16O4/c1-4-7-13(2,3)15-12(14)10-6-5-9-8-11(10)17-16-9/h5-6,8H,4,7H2,1-3H3. The van der Waals surface area contributed by atoms with Gasteiger partial charge in [0.15, 0.2) is 11.5 Å². The van der Waals surface area contributed by atoms with Gasteiger partial charge in [-0.15, -0.1) is 0 Å². The van der Waals surface area contributed by atoms with Gasteiger partial charge in [-0.05, 0) is 32.4 Å². The van der Waals surface area contributed by atoms with E-state index >= 15 is 0 Å². The van der Waals surface area contributed by atoms with E-state index in [1.807, 2.05) is 13.8 Å². The maximum absolute atomic E-state index is 12.0. The molecule has 0 atom stereocenters. The third-order valence-electron chi connectivity index (χ3n) is 2.62. The van der Waals surface area contributed by atoms with E-state index in [9.17, 15) is 4.79 Å². The summed E-state index contributed by atoms with van der Waals surface area (Å²) in [5.41, 5.74) is -0.0631. The summed E-state index contributed by atoms with van der Waals surface area (Å²) in [7, 11) is 0. The zero-order valence-electron chi connectivity index (χ0n) is 10.3. The maximum atomic E-state index is 12.0. The van der Waals surface area contributed by atoms with Crippen LogP contribution in [0, 0.1) is 0 Å².